The van der Waals surface area contributed by atoms with Gasteiger partial charge in [0, 0.05) is 13.1 Å². The first-order chi connectivity index (χ1) is 8.69. The van der Waals surface area contributed by atoms with Gasteiger partial charge < -0.3 is 15.0 Å². The molecule has 1 N–H and O–H groups in total. The summed E-state index contributed by atoms with van der Waals surface area (Å²) in [5, 5.41) is 2.80. The fraction of sp³-hybridized carbons (Fsp3) is 0.600. The minimum Gasteiger partial charge on any atom is -0.463 e. The van der Waals surface area contributed by atoms with Gasteiger partial charge in [-0.05, 0) is 18.0 Å². The van der Waals surface area contributed by atoms with Crippen LogP contribution in [0.4, 0.5) is 5.95 Å². The average molecular weight is 272 g/mol. The zero-order chi connectivity index (χ0) is 13.0. The quantitative estimate of drug-likeness (QED) is 0.846. The summed E-state index contributed by atoms with van der Waals surface area (Å²) in [5.74, 6) is 0.310. The van der Waals surface area contributed by atoms with Crippen molar-refractivity contribution < 1.29 is 9.53 Å². The number of hydrogen-bond donors (Lipinski definition) is 1. The van der Waals surface area contributed by atoms with Crippen molar-refractivity contribution in [3.63, 3.8) is 0 Å². The average Bonchev–Trinajstić information content (AvgIpc) is 2.36. The van der Waals surface area contributed by atoms with Crippen molar-refractivity contribution in [1.82, 2.24) is 20.3 Å². The first kappa shape index (κ1) is 12.8. The van der Waals surface area contributed by atoms with E-state index in [0.29, 0.717) is 25.6 Å². The highest BCUT2D eigenvalue weighted by molar-refractivity contribution is 6.28. The zero-order valence-electron chi connectivity index (χ0n) is 10.0. The van der Waals surface area contributed by atoms with Crippen molar-refractivity contribution in [2.24, 2.45) is 0 Å². The SMILES string of the molecule is CCCOc1nc(Cl)nc(N2CCNC(=O)C2)n1. The van der Waals surface area contributed by atoms with E-state index < -0.39 is 0 Å². The summed E-state index contributed by atoms with van der Waals surface area (Å²) in [7, 11) is 0. The van der Waals surface area contributed by atoms with Gasteiger partial charge in [-0.25, -0.2) is 0 Å². The number of rotatable bonds is 4. The summed E-state index contributed by atoms with van der Waals surface area (Å²) in [6.07, 6.45) is 0.852. The van der Waals surface area contributed by atoms with Gasteiger partial charge >= 0.3 is 6.01 Å². The number of carbonyl (C=O) groups excluding carboxylic acids is 1. The molecular weight excluding hydrogens is 258 g/mol. The number of nitrogens with zero attached hydrogens (tertiary/aromatic N) is 4. The summed E-state index contributed by atoms with van der Waals surface area (Å²) < 4.78 is 5.32. The van der Waals surface area contributed by atoms with Gasteiger partial charge in [-0.1, -0.05) is 6.92 Å². The Hall–Kier alpha value is -1.63. The lowest BCUT2D eigenvalue weighted by atomic mass is 10.4. The molecule has 0 radical (unpaired) electrons. The molecule has 0 saturated carbocycles. The summed E-state index contributed by atoms with van der Waals surface area (Å²) in [4.78, 5) is 25.1. The van der Waals surface area contributed by atoms with Crippen molar-refractivity contribution in [3.8, 4) is 6.01 Å². The van der Waals surface area contributed by atoms with Crippen LogP contribution in [0.3, 0.4) is 0 Å². The highest BCUT2D eigenvalue weighted by atomic mass is 35.5. The molecule has 0 unspecified atom stereocenters. The van der Waals surface area contributed by atoms with E-state index in [-0.39, 0.29) is 23.7 Å². The number of carbonyl (C=O) groups is 1. The number of amides is 1. The van der Waals surface area contributed by atoms with Crippen LogP contribution >= 0.6 is 11.6 Å². The largest absolute Gasteiger partial charge is 0.463 e. The Bertz CT molecular complexity index is 442. The van der Waals surface area contributed by atoms with Crippen LogP contribution in [0, 0.1) is 0 Å². The Morgan fingerprint density at radius 2 is 2.28 bits per heavy atom. The molecule has 1 aliphatic rings. The topological polar surface area (TPSA) is 80.2 Å². The predicted octanol–water partition coefficient (Wildman–Crippen LogP) is 0.250. The molecule has 0 aliphatic carbocycles. The lowest BCUT2D eigenvalue weighted by Gasteiger charge is -2.26. The van der Waals surface area contributed by atoms with E-state index in [4.69, 9.17) is 16.3 Å². The molecule has 0 atom stereocenters. The lowest BCUT2D eigenvalue weighted by molar-refractivity contribution is -0.120. The minimum atomic E-state index is -0.0613. The Morgan fingerprint density at radius 1 is 1.44 bits per heavy atom. The van der Waals surface area contributed by atoms with Crippen LogP contribution < -0.4 is 15.0 Å². The van der Waals surface area contributed by atoms with Gasteiger partial charge in [0.1, 0.15) is 0 Å². The molecule has 1 aliphatic heterocycles. The highest BCUT2D eigenvalue weighted by Crippen LogP contribution is 2.15. The van der Waals surface area contributed by atoms with E-state index in [2.05, 4.69) is 20.3 Å². The zero-order valence-corrected chi connectivity index (χ0v) is 10.8. The summed E-state index contributed by atoms with van der Waals surface area (Å²) >= 11 is 5.82. The number of ether oxygens (including phenoxy) is 1. The molecule has 7 nitrogen and oxygen atoms in total. The maximum atomic E-state index is 11.3. The number of aromatic nitrogens is 3. The van der Waals surface area contributed by atoms with Crippen molar-refractivity contribution >= 4 is 23.5 Å². The molecule has 1 saturated heterocycles. The Morgan fingerprint density at radius 3 is 3.00 bits per heavy atom. The second-order valence-electron chi connectivity index (χ2n) is 3.81. The molecule has 1 aromatic heterocycles. The van der Waals surface area contributed by atoms with Crippen LogP contribution in [0.1, 0.15) is 13.3 Å². The Kier molecular flexibility index (Phi) is 4.14. The third-order valence-electron chi connectivity index (χ3n) is 2.33. The number of piperazine rings is 1. The molecule has 0 spiro atoms. The van der Waals surface area contributed by atoms with Gasteiger partial charge in [-0.3, -0.25) is 4.79 Å². The van der Waals surface area contributed by atoms with E-state index in [1.807, 2.05) is 6.92 Å². The van der Waals surface area contributed by atoms with E-state index in [0.717, 1.165) is 6.42 Å². The predicted molar refractivity (Wildman–Crippen MR) is 65.8 cm³/mol. The molecule has 1 aromatic rings. The van der Waals surface area contributed by atoms with Crippen LogP contribution in [0.2, 0.25) is 5.28 Å². The van der Waals surface area contributed by atoms with Crippen LogP contribution in [0.5, 0.6) is 6.01 Å². The van der Waals surface area contributed by atoms with Crippen molar-refractivity contribution in [2.75, 3.05) is 31.1 Å². The van der Waals surface area contributed by atoms with Gasteiger partial charge in [-0.2, -0.15) is 15.0 Å². The monoisotopic (exact) mass is 271 g/mol. The molecule has 0 bridgehead atoms. The summed E-state index contributed by atoms with van der Waals surface area (Å²) in [6.45, 7) is 3.92. The Balaban J connectivity index is 2.16. The van der Waals surface area contributed by atoms with Crippen LogP contribution in [0.25, 0.3) is 0 Å². The van der Waals surface area contributed by atoms with E-state index >= 15 is 0 Å². The maximum Gasteiger partial charge on any atom is 0.322 e. The van der Waals surface area contributed by atoms with Gasteiger partial charge in [0.15, 0.2) is 0 Å². The molecular formula is C10H14ClN5O2. The van der Waals surface area contributed by atoms with Crippen LogP contribution in [-0.4, -0.2) is 47.1 Å². The number of hydrogen-bond acceptors (Lipinski definition) is 6. The van der Waals surface area contributed by atoms with Gasteiger partial charge in [0.25, 0.3) is 0 Å². The summed E-state index contributed by atoms with van der Waals surface area (Å²) in [6, 6.07) is 0.192. The fourth-order valence-corrected chi connectivity index (χ4v) is 1.68. The summed E-state index contributed by atoms with van der Waals surface area (Å²) in [5.41, 5.74) is 0. The molecule has 0 aromatic carbocycles. The third kappa shape index (κ3) is 3.19. The number of anilines is 1. The molecule has 8 heteroatoms. The third-order valence-corrected chi connectivity index (χ3v) is 2.50. The molecule has 1 amide bonds. The van der Waals surface area contributed by atoms with Gasteiger partial charge in [0.05, 0.1) is 13.2 Å². The number of halogens is 1. The van der Waals surface area contributed by atoms with E-state index in [1.54, 1.807) is 4.90 Å². The van der Waals surface area contributed by atoms with E-state index in [9.17, 15) is 4.79 Å². The lowest BCUT2D eigenvalue weighted by Crippen LogP contribution is -2.48. The molecule has 98 valence electrons. The highest BCUT2D eigenvalue weighted by Gasteiger charge is 2.20. The molecule has 2 heterocycles. The van der Waals surface area contributed by atoms with Crippen molar-refractivity contribution in [2.45, 2.75) is 13.3 Å². The first-order valence-corrected chi connectivity index (χ1v) is 6.13. The standard InChI is InChI=1S/C10H14ClN5O2/c1-2-5-18-10-14-8(11)13-9(15-10)16-4-3-12-7(17)6-16/h2-6H2,1H3,(H,12,17). The first-order valence-electron chi connectivity index (χ1n) is 5.75. The van der Waals surface area contributed by atoms with E-state index in [1.165, 1.54) is 0 Å². The van der Waals surface area contributed by atoms with Crippen LogP contribution in [0.15, 0.2) is 0 Å². The number of nitrogens with one attached hydrogen (secondary N) is 1. The maximum absolute atomic E-state index is 11.3. The second kappa shape index (κ2) is 5.81. The molecule has 18 heavy (non-hydrogen) atoms. The fourth-order valence-electron chi connectivity index (χ4n) is 1.53. The minimum absolute atomic E-state index is 0.0613. The molecule has 1 fully saturated rings. The normalized spacial score (nSPS) is 15.4. The van der Waals surface area contributed by atoms with Crippen molar-refractivity contribution in [1.29, 1.82) is 0 Å². The smallest absolute Gasteiger partial charge is 0.322 e. The molecule has 2 rings (SSSR count). The Labute approximate surface area is 110 Å². The van der Waals surface area contributed by atoms with Gasteiger partial charge in [0.2, 0.25) is 17.1 Å². The van der Waals surface area contributed by atoms with Gasteiger partial charge in [-0.15, -0.1) is 0 Å². The van der Waals surface area contributed by atoms with Crippen LogP contribution in [-0.2, 0) is 4.79 Å². The second-order valence-corrected chi connectivity index (χ2v) is 4.15. The van der Waals surface area contributed by atoms with Crippen molar-refractivity contribution in [3.05, 3.63) is 5.28 Å².